The van der Waals surface area contributed by atoms with Crippen LogP contribution in [0, 0.1) is 5.92 Å². The Balaban J connectivity index is 5.51. The van der Waals surface area contributed by atoms with E-state index in [0.29, 0.717) is 0 Å². The number of alkyl halides is 3. The first kappa shape index (κ1) is 14.5. The Hall–Kier alpha value is -1.53. The van der Waals surface area contributed by atoms with E-state index in [0.717, 1.165) is 0 Å². The topological polar surface area (TPSA) is 80.3 Å². The van der Waals surface area contributed by atoms with Crippen molar-refractivity contribution in [3.63, 3.8) is 0 Å². The van der Waals surface area contributed by atoms with Crippen molar-refractivity contribution < 1.29 is 33.0 Å². The van der Waals surface area contributed by atoms with Crippen molar-refractivity contribution in [1.82, 2.24) is 0 Å². The average molecular weight is 238 g/mol. The summed E-state index contributed by atoms with van der Waals surface area (Å²) >= 11 is 0. The largest absolute Gasteiger partial charge is 0.545 e. The highest BCUT2D eigenvalue weighted by Crippen LogP contribution is 2.28. The van der Waals surface area contributed by atoms with Crippen LogP contribution in [0.2, 0.25) is 0 Å². The second kappa shape index (κ2) is 5.00. The van der Waals surface area contributed by atoms with E-state index in [2.05, 4.69) is 0 Å². The van der Waals surface area contributed by atoms with Gasteiger partial charge in [0.05, 0.1) is 18.4 Å². The van der Waals surface area contributed by atoms with Crippen LogP contribution in [0.3, 0.4) is 0 Å². The third-order valence-electron chi connectivity index (χ3n) is 1.75. The molecule has 7 heteroatoms. The fraction of sp³-hybridized carbons (Fsp3) is 0.556. The molecule has 0 spiro atoms. The van der Waals surface area contributed by atoms with Gasteiger partial charge >= 0.3 is 6.18 Å². The second-order valence-electron chi connectivity index (χ2n) is 3.41. The van der Waals surface area contributed by atoms with E-state index in [4.69, 9.17) is 0 Å². The summed E-state index contributed by atoms with van der Waals surface area (Å²) in [4.78, 5) is 21.0. The maximum absolute atomic E-state index is 12.0. The highest BCUT2D eigenvalue weighted by Gasteiger charge is 2.31. The fourth-order valence-electron chi connectivity index (χ4n) is 1.19. The van der Waals surface area contributed by atoms with Crippen LogP contribution >= 0.6 is 0 Å². The first-order valence-electron chi connectivity index (χ1n) is 4.28. The van der Waals surface area contributed by atoms with Gasteiger partial charge in [0.1, 0.15) is 0 Å². The molecule has 0 N–H and O–H groups in total. The lowest BCUT2D eigenvalue weighted by Gasteiger charge is -2.21. The molecule has 0 aromatic rings. The molecule has 0 aliphatic carbocycles. The fourth-order valence-corrected chi connectivity index (χ4v) is 1.19. The van der Waals surface area contributed by atoms with Crippen molar-refractivity contribution in [2.75, 3.05) is 0 Å². The van der Waals surface area contributed by atoms with Gasteiger partial charge in [-0.15, -0.1) is 0 Å². The Kier molecular flexibility index (Phi) is 4.52. The zero-order chi connectivity index (χ0) is 13.1. The Morgan fingerprint density at radius 2 is 1.56 bits per heavy atom. The van der Waals surface area contributed by atoms with Gasteiger partial charge in [0, 0.05) is 0 Å². The SMILES string of the molecule is CC(C)C(C(=O)[O-])=C(CC(F)(F)F)C(=O)[O-]. The monoisotopic (exact) mass is 238 g/mol. The van der Waals surface area contributed by atoms with Gasteiger partial charge in [-0.1, -0.05) is 13.8 Å². The average Bonchev–Trinajstić information content (AvgIpc) is 1.98. The molecule has 16 heavy (non-hydrogen) atoms. The summed E-state index contributed by atoms with van der Waals surface area (Å²) in [6.07, 6.45) is -6.66. The van der Waals surface area contributed by atoms with Crippen molar-refractivity contribution in [2.45, 2.75) is 26.4 Å². The summed E-state index contributed by atoms with van der Waals surface area (Å²) in [6.45, 7) is 2.51. The van der Waals surface area contributed by atoms with Crippen LogP contribution < -0.4 is 10.2 Å². The van der Waals surface area contributed by atoms with Gasteiger partial charge in [-0.25, -0.2) is 0 Å². The highest BCUT2D eigenvalue weighted by molar-refractivity contribution is 5.97. The lowest BCUT2D eigenvalue weighted by atomic mass is 9.95. The van der Waals surface area contributed by atoms with Gasteiger partial charge in [0.15, 0.2) is 0 Å². The molecule has 0 aromatic carbocycles. The molecule has 0 aromatic heterocycles. The lowest BCUT2D eigenvalue weighted by molar-refractivity contribution is -0.305. The molecule has 0 radical (unpaired) electrons. The molecular formula is C9H9F3O4-2. The number of carboxylic acids is 2. The zero-order valence-electron chi connectivity index (χ0n) is 8.55. The first-order valence-corrected chi connectivity index (χ1v) is 4.28. The van der Waals surface area contributed by atoms with Crippen LogP contribution in [-0.4, -0.2) is 18.1 Å². The molecule has 0 atom stereocenters. The van der Waals surface area contributed by atoms with E-state index in [9.17, 15) is 33.0 Å². The summed E-state index contributed by atoms with van der Waals surface area (Å²) < 4.78 is 36.0. The molecule has 0 aliphatic heterocycles. The minimum absolute atomic E-state index is 0.891. The van der Waals surface area contributed by atoms with Gasteiger partial charge < -0.3 is 19.8 Å². The summed E-state index contributed by atoms with van der Waals surface area (Å²) in [6, 6.07) is 0. The van der Waals surface area contributed by atoms with Gasteiger partial charge in [0.25, 0.3) is 0 Å². The standard InChI is InChI=1S/C9H11F3O4/c1-4(2)6(8(15)16)5(7(13)14)3-9(10,11)12/h4H,3H2,1-2H3,(H,13,14)(H,15,16)/p-2. The van der Waals surface area contributed by atoms with Crippen LogP contribution in [0.15, 0.2) is 11.1 Å². The van der Waals surface area contributed by atoms with Crippen LogP contribution in [0.4, 0.5) is 13.2 Å². The molecule has 92 valence electrons. The van der Waals surface area contributed by atoms with Crippen LogP contribution in [-0.2, 0) is 9.59 Å². The van der Waals surface area contributed by atoms with E-state index in [-0.39, 0.29) is 0 Å². The number of hydrogen-bond acceptors (Lipinski definition) is 4. The Labute approximate surface area is 89.4 Å². The van der Waals surface area contributed by atoms with E-state index in [1.165, 1.54) is 13.8 Å². The summed E-state index contributed by atoms with van der Waals surface area (Å²) in [5, 5.41) is 21.0. The minimum Gasteiger partial charge on any atom is -0.545 e. The second-order valence-corrected chi connectivity index (χ2v) is 3.41. The van der Waals surface area contributed by atoms with E-state index >= 15 is 0 Å². The Morgan fingerprint density at radius 1 is 1.12 bits per heavy atom. The van der Waals surface area contributed by atoms with E-state index in [1.54, 1.807) is 0 Å². The molecule has 4 nitrogen and oxygen atoms in total. The molecule has 0 aliphatic rings. The number of rotatable bonds is 4. The number of aliphatic carboxylic acids is 2. The molecule has 0 unspecified atom stereocenters. The summed E-state index contributed by atoms with van der Waals surface area (Å²) in [5.41, 5.74) is -2.18. The molecule has 0 bridgehead atoms. The molecule has 0 fully saturated rings. The van der Waals surface area contributed by atoms with Crippen LogP contribution in [0.25, 0.3) is 0 Å². The predicted molar refractivity (Wildman–Crippen MR) is 42.6 cm³/mol. The van der Waals surface area contributed by atoms with Crippen molar-refractivity contribution in [3.8, 4) is 0 Å². The number of hydrogen-bond donors (Lipinski definition) is 0. The van der Waals surface area contributed by atoms with Gasteiger partial charge in [-0.05, 0) is 17.1 Å². The normalized spacial score (nSPS) is 13.6. The smallest absolute Gasteiger partial charge is 0.393 e. The van der Waals surface area contributed by atoms with Crippen molar-refractivity contribution >= 4 is 11.9 Å². The molecule has 0 heterocycles. The number of carbonyl (C=O) groups excluding carboxylic acids is 2. The van der Waals surface area contributed by atoms with Crippen LogP contribution in [0.5, 0.6) is 0 Å². The summed E-state index contributed by atoms with van der Waals surface area (Å²) in [7, 11) is 0. The van der Waals surface area contributed by atoms with Gasteiger partial charge in [0.2, 0.25) is 0 Å². The van der Waals surface area contributed by atoms with Crippen molar-refractivity contribution in [1.29, 1.82) is 0 Å². The zero-order valence-corrected chi connectivity index (χ0v) is 8.55. The Morgan fingerprint density at radius 3 is 1.75 bits per heavy atom. The number of halogens is 3. The molecule has 0 amide bonds. The molecule has 0 rings (SSSR count). The van der Waals surface area contributed by atoms with Gasteiger partial charge in [-0.3, -0.25) is 0 Å². The maximum Gasteiger partial charge on any atom is 0.393 e. The third-order valence-corrected chi connectivity index (χ3v) is 1.75. The van der Waals surface area contributed by atoms with Crippen LogP contribution in [0.1, 0.15) is 20.3 Å². The molecular weight excluding hydrogens is 229 g/mol. The van der Waals surface area contributed by atoms with Crippen molar-refractivity contribution in [2.24, 2.45) is 5.92 Å². The molecule has 0 saturated heterocycles. The highest BCUT2D eigenvalue weighted by atomic mass is 19.4. The summed E-state index contributed by atoms with van der Waals surface area (Å²) in [5.74, 6) is -4.98. The Bertz CT molecular complexity index is 328. The van der Waals surface area contributed by atoms with E-state index < -0.39 is 41.6 Å². The van der Waals surface area contributed by atoms with Crippen molar-refractivity contribution in [3.05, 3.63) is 11.1 Å². The predicted octanol–water partition coefficient (Wildman–Crippen LogP) is -0.609. The van der Waals surface area contributed by atoms with Gasteiger partial charge in [-0.2, -0.15) is 13.2 Å². The maximum atomic E-state index is 12.0. The third kappa shape index (κ3) is 4.33. The quantitative estimate of drug-likeness (QED) is 0.612. The number of carboxylic acid groups (broad SMARTS) is 2. The van der Waals surface area contributed by atoms with E-state index in [1.807, 2.05) is 0 Å². The minimum atomic E-state index is -4.81. The molecule has 0 saturated carbocycles. The first-order chi connectivity index (χ1) is 7.06. The lowest BCUT2D eigenvalue weighted by Crippen LogP contribution is -2.35. The number of carbonyl (C=O) groups is 2.